The second-order valence-electron chi connectivity index (χ2n) is 11.6. The molecule has 240 valence electrons. The van der Waals surface area contributed by atoms with Crippen LogP contribution in [0.25, 0.3) is 0 Å². The first-order chi connectivity index (χ1) is 22.7. The molecule has 0 saturated carbocycles. The largest absolute Gasteiger partial charge is 0.493 e. The standard InChI is InChI=1S/C37H36ClN5O3S/c1-22-9-8-10-26(18-22)20-46-31-16-14-27(19-32(31)45-5)34-33(35(44)40-30-15-13-23(2)17-24(30)3)25(4)39-36-41-37(42-43(34)36)47-21-28-11-6-7-12-29(28)38/h6-19,34H,20-21H2,1-5H3,(H,40,44)(H,39,41,42). The van der Waals surface area contributed by atoms with E-state index in [1.807, 2.05) is 93.6 Å². The summed E-state index contributed by atoms with van der Waals surface area (Å²) in [4.78, 5) is 18.9. The van der Waals surface area contributed by atoms with Crippen LogP contribution in [0.15, 0.2) is 101 Å². The molecule has 5 aromatic rings. The Morgan fingerprint density at radius 1 is 0.957 bits per heavy atom. The molecule has 0 bridgehead atoms. The van der Waals surface area contributed by atoms with Crippen LogP contribution in [0.3, 0.4) is 0 Å². The van der Waals surface area contributed by atoms with E-state index in [4.69, 9.17) is 31.2 Å². The van der Waals surface area contributed by atoms with E-state index in [2.05, 4.69) is 29.7 Å². The fraction of sp³-hybridized carbons (Fsp3) is 0.216. The lowest BCUT2D eigenvalue weighted by Crippen LogP contribution is -2.31. The molecule has 1 atom stereocenters. The van der Waals surface area contributed by atoms with Gasteiger partial charge in [-0.2, -0.15) is 4.98 Å². The normalized spacial score (nSPS) is 14.0. The van der Waals surface area contributed by atoms with Crippen LogP contribution in [0.2, 0.25) is 5.02 Å². The summed E-state index contributed by atoms with van der Waals surface area (Å²) in [6.07, 6.45) is 0. The first-order valence-corrected chi connectivity index (χ1v) is 16.6. The number of thioether (sulfide) groups is 1. The number of amides is 1. The molecule has 8 nitrogen and oxygen atoms in total. The van der Waals surface area contributed by atoms with Crippen molar-refractivity contribution in [3.63, 3.8) is 0 Å². The minimum Gasteiger partial charge on any atom is -0.493 e. The molecular formula is C37H36ClN5O3S. The average Bonchev–Trinajstić information content (AvgIpc) is 3.46. The molecular weight excluding hydrogens is 630 g/mol. The number of halogens is 1. The van der Waals surface area contributed by atoms with E-state index < -0.39 is 6.04 Å². The molecule has 2 heterocycles. The number of rotatable bonds is 10. The number of nitrogens with one attached hydrogen (secondary N) is 2. The second-order valence-corrected chi connectivity index (χ2v) is 12.9. The average molecular weight is 666 g/mol. The fourth-order valence-electron chi connectivity index (χ4n) is 5.63. The molecule has 1 unspecified atom stereocenters. The van der Waals surface area contributed by atoms with Gasteiger partial charge in [0.15, 0.2) is 11.5 Å². The van der Waals surface area contributed by atoms with Gasteiger partial charge < -0.3 is 20.1 Å². The van der Waals surface area contributed by atoms with E-state index in [1.165, 1.54) is 17.3 Å². The number of carbonyl (C=O) groups excluding carboxylic acids is 1. The molecule has 1 amide bonds. The number of hydrogen-bond donors (Lipinski definition) is 2. The smallest absolute Gasteiger partial charge is 0.255 e. The van der Waals surface area contributed by atoms with Gasteiger partial charge in [0.2, 0.25) is 11.1 Å². The lowest BCUT2D eigenvalue weighted by atomic mass is 9.94. The number of methoxy groups -OCH3 is 1. The lowest BCUT2D eigenvalue weighted by molar-refractivity contribution is -0.113. The van der Waals surface area contributed by atoms with Crippen molar-refractivity contribution in [2.75, 3.05) is 17.7 Å². The summed E-state index contributed by atoms with van der Waals surface area (Å²) >= 11 is 7.89. The quantitative estimate of drug-likeness (QED) is 0.144. The van der Waals surface area contributed by atoms with Crippen molar-refractivity contribution in [1.29, 1.82) is 0 Å². The predicted molar refractivity (Wildman–Crippen MR) is 189 cm³/mol. The second kappa shape index (κ2) is 13.9. The summed E-state index contributed by atoms with van der Waals surface area (Å²) in [5.74, 6) is 2.05. The van der Waals surface area contributed by atoms with Crippen molar-refractivity contribution in [1.82, 2.24) is 14.8 Å². The molecule has 1 aliphatic heterocycles. The van der Waals surface area contributed by atoms with E-state index in [0.717, 1.165) is 33.5 Å². The highest BCUT2D eigenvalue weighted by atomic mass is 35.5. The molecule has 4 aromatic carbocycles. The summed E-state index contributed by atoms with van der Waals surface area (Å²) in [5.41, 5.74) is 8.06. The van der Waals surface area contributed by atoms with E-state index in [1.54, 1.807) is 11.8 Å². The zero-order chi connectivity index (χ0) is 33.1. The Morgan fingerprint density at radius 3 is 2.53 bits per heavy atom. The van der Waals surface area contributed by atoms with Gasteiger partial charge in [0.05, 0.1) is 12.7 Å². The Morgan fingerprint density at radius 2 is 1.77 bits per heavy atom. The number of hydrogen-bond acceptors (Lipinski definition) is 7. The van der Waals surface area contributed by atoms with Gasteiger partial charge in [-0.1, -0.05) is 95.2 Å². The highest BCUT2D eigenvalue weighted by molar-refractivity contribution is 7.98. The topological polar surface area (TPSA) is 90.3 Å². The summed E-state index contributed by atoms with van der Waals surface area (Å²) in [6.45, 7) is 8.35. The summed E-state index contributed by atoms with van der Waals surface area (Å²) in [7, 11) is 1.61. The summed E-state index contributed by atoms with van der Waals surface area (Å²) in [5, 5.41) is 12.6. The van der Waals surface area contributed by atoms with Crippen molar-refractivity contribution in [3.8, 4) is 11.5 Å². The Balaban J connectivity index is 1.35. The molecule has 0 saturated heterocycles. The van der Waals surface area contributed by atoms with Crippen LogP contribution in [0.4, 0.5) is 11.6 Å². The van der Waals surface area contributed by atoms with Crippen molar-refractivity contribution in [3.05, 3.63) is 135 Å². The molecule has 1 aliphatic rings. The summed E-state index contributed by atoms with van der Waals surface area (Å²) < 4.78 is 13.8. The number of allylic oxidation sites excluding steroid dienone is 1. The van der Waals surface area contributed by atoms with E-state index in [0.29, 0.717) is 51.3 Å². The molecule has 0 radical (unpaired) electrons. The Hall–Kier alpha value is -4.73. The number of benzene rings is 4. The highest BCUT2D eigenvalue weighted by Crippen LogP contribution is 2.40. The molecule has 6 rings (SSSR count). The van der Waals surface area contributed by atoms with Crippen molar-refractivity contribution < 1.29 is 14.3 Å². The minimum atomic E-state index is -0.598. The summed E-state index contributed by atoms with van der Waals surface area (Å²) in [6, 6.07) is 27.0. The van der Waals surface area contributed by atoms with Gasteiger partial charge in [0, 0.05) is 22.2 Å². The number of fused-ring (bicyclic) bond motifs is 1. The fourth-order valence-corrected chi connectivity index (χ4v) is 6.75. The zero-order valence-corrected chi connectivity index (χ0v) is 28.5. The molecule has 2 N–H and O–H groups in total. The van der Waals surface area contributed by atoms with Crippen LogP contribution in [-0.2, 0) is 17.2 Å². The van der Waals surface area contributed by atoms with Crippen LogP contribution >= 0.6 is 23.4 Å². The third-order valence-electron chi connectivity index (χ3n) is 8.00. The van der Waals surface area contributed by atoms with Crippen LogP contribution in [0.5, 0.6) is 11.5 Å². The maximum atomic E-state index is 14.1. The Kier molecular flexibility index (Phi) is 9.56. The SMILES string of the molecule is COc1cc(C2C(C(=O)Nc3ccc(C)cc3C)=C(C)Nc3nc(SCc4ccccc4Cl)nn32)ccc1OCc1cccc(C)c1. The van der Waals surface area contributed by atoms with Crippen LogP contribution in [0.1, 0.15) is 46.3 Å². The monoisotopic (exact) mass is 665 g/mol. The van der Waals surface area contributed by atoms with Crippen LogP contribution in [-0.4, -0.2) is 27.8 Å². The van der Waals surface area contributed by atoms with E-state index in [9.17, 15) is 4.79 Å². The van der Waals surface area contributed by atoms with Crippen molar-refractivity contribution in [2.45, 2.75) is 51.3 Å². The van der Waals surface area contributed by atoms with Crippen molar-refractivity contribution in [2.24, 2.45) is 0 Å². The third kappa shape index (κ3) is 7.16. The van der Waals surface area contributed by atoms with Crippen molar-refractivity contribution >= 4 is 40.9 Å². The third-order valence-corrected chi connectivity index (χ3v) is 9.26. The van der Waals surface area contributed by atoms with Crippen LogP contribution < -0.4 is 20.1 Å². The van der Waals surface area contributed by atoms with Gasteiger partial charge in [0.25, 0.3) is 5.91 Å². The number of aryl methyl sites for hydroxylation is 3. The maximum Gasteiger partial charge on any atom is 0.255 e. The lowest BCUT2D eigenvalue weighted by Gasteiger charge is -2.29. The number of ether oxygens (including phenoxy) is 2. The first-order valence-electron chi connectivity index (χ1n) is 15.3. The van der Waals surface area contributed by atoms with E-state index >= 15 is 0 Å². The van der Waals surface area contributed by atoms with Crippen LogP contribution in [0, 0.1) is 20.8 Å². The molecule has 10 heteroatoms. The molecule has 0 aliphatic carbocycles. The number of anilines is 2. The highest BCUT2D eigenvalue weighted by Gasteiger charge is 2.35. The van der Waals surface area contributed by atoms with Gasteiger partial charge in [-0.05, 0) is 74.2 Å². The van der Waals surface area contributed by atoms with Gasteiger partial charge >= 0.3 is 0 Å². The molecule has 1 aromatic heterocycles. The Bertz CT molecular complexity index is 1990. The van der Waals surface area contributed by atoms with Gasteiger partial charge in [-0.25, -0.2) is 4.68 Å². The first kappa shape index (κ1) is 32.2. The molecule has 0 fully saturated rings. The molecule has 0 spiro atoms. The Labute approximate surface area is 284 Å². The van der Waals surface area contributed by atoms with E-state index in [-0.39, 0.29) is 5.91 Å². The number of aromatic nitrogens is 3. The predicted octanol–water partition coefficient (Wildman–Crippen LogP) is 8.66. The minimum absolute atomic E-state index is 0.239. The molecule has 47 heavy (non-hydrogen) atoms. The maximum absolute atomic E-state index is 14.1. The zero-order valence-electron chi connectivity index (χ0n) is 26.9. The van der Waals surface area contributed by atoms with Gasteiger partial charge in [0.1, 0.15) is 12.6 Å². The van der Waals surface area contributed by atoms with Gasteiger partial charge in [-0.3, -0.25) is 4.79 Å². The number of nitrogens with zero attached hydrogens (tertiary/aromatic N) is 3. The number of carbonyl (C=O) groups is 1. The van der Waals surface area contributed by atoms with Gasteiger partial charge in [-0.15, -0.1) is 5.10 Å².